The van der Waals surface area contributed by atoms with Crippen LogP contribution >= 0.6 is 0 Å². The summed E-state index contributed by atoms with van der Waals surface area (Å²) in [4.78, 5) is 14.2. The predicted molar refractivity (Wildman–Crippen MR) is 69.8 cm³/mol. The fourth-order valence-corrected chi connectivity index (χ4v) is 3.14. The molecule has 0 spiro atoms. The highest BCUT2D eigenvalue weighted by molar-refractivity contribution is 5.90. The van der Waals surface area contributed by atoms with Crippen LogP contribution < -0.4 is 5.32 Å². The van der Waals surface area contributed by atoms with Gasteiger partial charge in [-0.25, -0.2) is 4.79 Å². The van der Waals surface area contributed by atoms with Gasteiger partial charge in [0.2, 0.25) is 0 Å². The fraction of sp³-hybridized carbons (Fsp3) is 0.643. The van der Waals surface area contributed by atoms with Gasteiger partial charge in [0.1, 0.15) is 11.3 Å². The molecule has 1 aromatic rings. The number of carbonyl (C=O) groups excluding carboxylic acids is 1. The van der Waals surface area contributed by atoms with Crippen LogP contribution in [0.2, 0.25) is 0 Å². The Balaban J connectivity index is 1.64. The third-order valence-electron chi connectivity index (χ3n) is 4.07. The molecule has 2 aliphatic rings. The number of ether oxygens (including phenoxy) is 1. The minimum Gasteiger partial charge on any atom is -0.467 e. The van der Waals surface area contributed by atoms with Crippen LogP contribution in [0.5, 0.6) is 0 Å². The van der Waals surface area contributed by atoms with Crippen LogP contribution in [0.25, 0.3) is 0 Å². The molecule has 2 fully saturated rings. The van der Waals surface area contributed by atoms with E-state index in [4.69, 9.17) is 9.15 Å². The Morgan fingerprint density at radius 2 is 2.21 bits per heavy atom. The molecule has 104 valence electrons. The molecular weight excluding hydrogens is 244 g/mol. The molecule has 2 saturated heterocycles. The second-order valence-corrected chi connectivity index (χ2v) is 5.35. The van der Waals surface area contributed by atoms with Gasteiger partial charge in [-0.05, 0) is 37.9 Å². The highest BCUT2D eigenvalue weighted by Crippen LogP contribution is 2.28. The van der Waals surface area contributed by atoms with Crippen LogP contribution in [0.15, 0.2) is 16.7 Å². The summed E-state index contributed by atoms with van der Waals surface area (Å²) in [5.74, 6) is 1.95. The first kappa shape index (κ1) is 12.7. The largest absolute Gasteiger partial charge is 0.467 e. The molecule has 3 rings (SSSR count). The van der Waals surface area contributed by atoms with Crippen LogP contribution in [0.4, 0.5) is 0 Å². The highest BCUT2D eigenvalue weighted by atomic mass is 16.5. The van der Waals surface area contributed by atoms with Crippen molar-refractivity contribution in [1.82, 2.24) is 10.2 Å². The molecule has 5 heteroatoms. The monoisotopic (exact) mass is 264 g/mol. The molecule has 5 nitrogen and oxygen atoms in total. The molecule has 0 amide bonds. The Bertz CT molecular complexity index is 445. The van der Waals surface area contributed by atoms with Gasteiger partial charge in [-0.15, -0.1) is 0 Å². The van der Waals surface area contributed by atoms with Gasteiger partial charge in [-0.2, -0.15) is 0 Å². The summed E-state index contributed by atoms with van der Waals surface area (Å²) in [6, 6.07) is 1.70. The lowest BCUT2D eigenvalue weighted by Crippen LogP contribution is -2.26. The molecule has 2 atom stereocenters. The molecule has 19 heavy (non-hydrogen) atoms. The molecule has 0 aliphatic carbocycles. The van der Waals surface area contributed by atoms with E-state index in [1.54, 1.807) is 12.3 Å². The van der Waals surface area contributed by atoms with Crippen LogP contribution in [-0.2, 0) is 11.3 Å². The van der Waals surface area contributed by atoms with Crippen molar-refractivity contribution in [2.45, 2.75) is 13.5 Å². The zero-order chi connectivity index (χ0) is 13.2. The second kappa shape index (κ2) is 5.35. The van der Waals surface area contributed by atoms with Crippen molar-refractivity contribution in [3.8, 4) is 0 Å². The SMILES string of the molecule is CCOC(=O)c1ccoc1CN1C[C@H]2CNC[C@H]2C1. The van der Waals surface area contributed by atoms with Crippen LogP contribution in [-0.4, -0.2) is 43.7 Å². The van der Waals surface area contributed by atoms with E-state index in [1.807, 2.05) is 6.92 Å². The number of hydrogen-bond donors (Lipinski definition) is 1. The van der Waals surface area contributed by atoms with Crippen molar-refractivity contribution >= 4 is 5.97 Å². The molecule has 0 bridgehead atoms. The van der Waals surface area contributed by atoms with Gasteiger partial charge >= 0.3 is 5.97 Å². The maximum absolute atomic E-state index is 11.8. The molecule has 1 N–H and O–H groups in total. The Hall–Kier alpha value is -1.33. The number of rotatable bonds is 4. The third-order valence-corrected chi connectivity index (χ3v) is 4.07. The maximum atomic E-state index is 11.8. The number of nitrogens with one attached hydrogen (secondary N) is 1. The van der Waals surface area contributed by atoms with Crippen molar-refractivity contribution < 1.29 is 13.9 Å². The first-order valence-corrected chi connectivity index (χ1v) is 6.94. The number of hydrogen-bond acceptors (Lipinski definition) is 5. The number of furan rings is 1. The number of fused-ring (bicyclic) bond motifs is 1. The van der Waals surface area contributed by atoms with E-state index in [9.17, 15) is 4.79 Å². The van der Waals surface area contributed by atoms with Gasteiger partial charge < -0.3 is 14.5 Å². The molecule has 0 saturated carbocycles. The Morgan fingerprint density at radius 3 is 2.89 bits per heavy atom. The minimum absolute atomic E-state index is 0.285. The lowest BCUT2D eigenvalue weighted by molar-refractivity contribution is 0.0522. The maximum Gasteiger partial charge on any atom is 0.341 e. The average Bonchev–Trinajstić information content (AvgIpc) is 3.04. The first-order chi connectivity index (χ1) is 9.28. The average molecular weight is 264 g/mol. The molecule has 3 heterocycles. The van der Waals surface area contributed by atoms with Gasteiger partial charge in [0, 0.05) is 13.1 Å². The summed E-state index contributed by atoms with van der Waals surface area (Å²) in [7, 11) is 0. The molecule has 2 aliphatic heterocycles. The molecule has 0 aromatic carbocycles. The summed E-state index contributed by atoms with van der Waals surface area (Å²) in [5.41, 5.74) is 0.567. The van der Waals surface area contributed by atoms with Gasteiger partial charge in [-0.3, -0.25) is 4.90 Å². The lowest BCUT2D eigenvalue weighted by Gasteiger charge is -2.15. The van der Waals surface area contributed by atoms with Gasteiger partial charge in [0.05, 0.1) is 19.4 Å². The molecule has 0 unspecified atom stereocenters. The van der Waals surface area contributed by atoms with Gasteiger partial charge in [0.15, 0.2) is 0 Å². The van der Waals surface area contributed by atoms with E-state index in [0.717, 1.165) is 43.8 Å². The zero-order valence-electron chi connectivity index (χ0n) is 11.2. The quantitative estimate of drug-likeness (QED) is 0.826. The van der Waals surface area contributed by atoms with Gasteiger partial charge in [0.25, 0.3) is 0 Å². The van der Waals surface area contributed by atoms with E-state index in [-0.39, 0.29) is 5.97 Å². The van der Waals surface area contributed by atoms with Crippen molar-refractivity contribution in [2.24, 2.45) is 11.8 Å². The predicted octanol–water partition coefficient (Wildman–Crippen LogP) is 1.11. The summed E-state index contributed by atoms with van der Waals surface area (Å²) in [6.07, 6.45) is 1.57. The van der Waals surface area contributed by atoms with Crippen LogP contribution in [0, 0.1) is 11.8 Å². The summed E-state index contributed by atoms with van der Waals surface area (Å²) >= 11 is 0. The van der Waals surface area contributed by atoms with Gasteiger partial charge in [-0.1, -0.05) is 0 Å². The number of nitrogens with zero attached hydrogens (tertiary/aromatic N) is 1. The van der Waals surface area contributed by atoms with Crippen LogP contribution in [0.1, 0.15) is 23.0 Å². The van der Waals surface area contributed by atoms with E-state index in [0.29, 0.717) is 18.7 Å². The van der Waals surface area contributed by atoms with E-state index >= 15 is 0 Å². The van der Waals surface area contributed by atoms with E-state index in [1.165, 1.54) is 0 Å². The number of esters is 1. The topological polar surface area (TPSA) is 54.7 Å². The Labute approximate surface area is 112 Å². The standard InChI is InChI=1S/C14H20N2O3/c1-2-18-14(17)12-3-4-19-13(12)9-16-7-10-5-15-6-11(10)8-16/h3-4,10-11,15H,2,5-9H2,1H3/t10-,11+. The van der Waals surface area contributed by atoms with E-state index in [2.05, 4.69) is 10.2 Å². The smallest absolute Gasteiger partial charge is 0.341 e. The first-order valence-electron chi connectivity index (χ1n) is 6.94. The molecular formula is C14H20N2O3. The molecule has 0 radical (unpaired) electrons. The van der Waals surface area contributed by atoms with Crippen molar-refractivity contribution in [3.63, 3.8) is 0 Å². The van der Waals surface area contributed by atoms with Crippen LogP contribution in [0.3, 0.4) is 0 Å². The lowest BCUT2D eigenvalue weighted by atomic mass is 10.0. The summed E-state index contributed by atoms with van der Waals surface area (Å²) in [6.45, 7) is 7.30. The second-order valence-electron chi connectivity index (χ2n) is 5.35. The zero-order valence-corrected chi connectivity index (χ0v) is 11.2. The number of likely N-dealkylation sites (tertiary alicyclic amines) is 1. The Kier molecular flexibility index (Phi) is 3.57. The summed E-state index contributed by atoms with van der Waals surface area (Å²) in [5, 5.41) is 3.43. The normalized spacial score (nSPS) is 26.6. The van der Waals surface area contributed by atoms with E-state index < -0.39 is 0 Å². The molecule has 1 aromatic heterocycles. The minimum atomic E-state index is -0.285. The third kappa shape index (κ3) is 2.53. The fourth-order valence-electron chi connectivity index (χ4n) is 3.14. The summed E-state index contributed by atoms with van der Waals surface area (Å²) < 4.78 is 10.5. The highest BCUT2D eigenvalue weighted by Gasteiger charge is 2.36. The Morgan fingerprint density at radius 1 is 1.47 bits per heavy atom. The van der Waals surface area contributed by atoms with Crippen molar-refractivity contribution in [1.29, 1.82) is 0 Å². The van der Waals surface area contributed by atoms with Crippen molar-refractivity contribution in [2.75, 3.05) is 32.8 Å². The van der Waals surface area contributed by atoms with Crippen molar-refractivity contribution in [3.05, 3.63) is 23.7 Å². The number of carbonyl (C=O) groups is 1.